The molecule has 0 saturated heterocycles. The molecule has 162 valence electrons. The molecule has 4 aromatic rings. The van der Waals surface area contributed by atoms with Crippen molar-refractivity contribution in [3.05, 3.63) is 80.6 Å². The van der Waals surface area contributed by atoms with Gasteiger partial charge in [-0.25, -0.2) is 9.78 Å². The fourth-order valence-electron chi connectivity index (χ4n) is 3.03. The minimum absolute atomic E-state index is 0.215. The van der Waals surface area contributed by atoms with Crippen LogP contribution < -0.4 is 5.32 Å². The SMILES string of the molecule is CC(OC(=O)c1cc(-c2cccs2)nc2ccccc12)C(=O)Nc1cc(Cl)c(Cl)cc1Cl. The van der Waals surface area contributed by atoms with Crippen LogP contribution in [0.1, 0.15) is 17.3 Å². The number of rotatable bonds is 5. The van der Waals surface area contributed by atoms with Crippen molar-refractivity contribution in [1.82, 2.24) is 4.98 Å². The van der Waals surface area contributed by atoms with Crippen molar-refractivity contribution in [3.8, 4) is 10.6 Å². The summed E-state index contributed by atoms with van der Waals surface area (Å²) in [5, 5.41) is 5.89. The largest absolute Gasteiger partial charge is 0.449 e. The predicted molar refractivity (Wildman–Crippen MR) is 130 cm³/mol. The molecular weight excluding hydrogens is 491 g/mol. The number of benzene rings is 2. The van der Waals surface area contributed by atoms with Crippen LogP contribution in [-0.4, -0.2) is 23.0 Å². The van der Waals surface area contributed by atoms with Crippen molar-refractivity contribution in [2.45, 2.75) is 13.0 Å². The number of amides is 1. The molecule has 2 aromatic carbocycles. The maximum absolute atomic E-state index is 13.0. The molecule has 1 N–H and O–H groups in total. The molecular formula is C23H15Cl3N2O3S. The maximum atomic E-state index is 13.0. The van der Waals surface area contributed by atoms with E-state index in [-0.39, 0.29) is 20.8 Å². The summed E-state index contributed by atoms with van der Waals surface area (Å²) in [5.74, 6) is -1.19. The molecule has 1 amide bonds. The topological polar surface area (TPSA) is 68.3 Å². The van der Waals surface area contributed by atoms with Crippen molar-refractivity contribution in [3.63, 3.8) is 0 Å². The third-order valence-electron chi connectivity index (χ3n) is 4.63. The number of esters is 1. The average molecular weight is 506 g/mol. The van der Waals surface area contributed by atoms with Gasteiger partial charge >= 0.3 is 5.97 Å². The number of thiophene rings is 1. The number of carbonyl (C=O) groups is 2. The second kappa shape index (κ2) is 9.46. The highest BCUT2D eigenvalue weighted by atomic mass is 35.5. The number of hydrogen-bond acceptors (Lipinski definition) is 5. The Kier molecular flexibility index (Phi) is 6.67. The monoisotopic (exact) mass is 504 g/mol. The van der Waals surface area contributed by atoms with Crippen molar-refractivity contribution in [2.24, 2.45) is 0 Å². The molecule has 0 fully saturated rings. The molecule has 0 bridgehead atoms. The highest BCUT2D eigenvalue weighted by Crippen LogP contribution is 2.32. The van der Waals surface area contributed by atoms with Crippen LogP contribution in [0, 0.1) is 0 Å². The van der Waals surface area contributed by atoms with Gasteiger partial charge in [-0.05, 0) is 42.6 Å². The fraction of sp³-hybridized carbons (Fsp3) is 0.0870. The van der Waals surface area contributed by atoms with E-state index in [9.17, 15) is 9.59 Å². The minimum atomic E-state index is -1.09. The lowest BCUT2D eigenvalue weighted by Crippen LogP contribution is -2.30. The maximum Gasteiger partial charge on any atom is 0.339 e. The van der Waals surface area contributed by atoms with E-state index in [0.717, 1.165) is 4.88 Å². The summed E-state index contributed by atoms with van der Waals surface area (Å²) in [7, 11) is 0. The number of anilines is 1. The molecule has 0 aliphatic rings. The highest BCUT2D eigenvalue weighted by Gasteiger charge is 2.22. The van der Waals surface area contributed by atoms with Crippen molar-refractivity contribution in [1.29, 1.82) is 0 Å². The molecule has 1 atom stereocenters. The number of nitrogens with one attached hydrogen (secondary N) is 1. The second-order valence-electron chi connectivity index (χ2n) is 6.83. The number of ether oxygens (including phenoxy) is 1. The Morgan fingerprint density at radius 2 is 1.75 bits per heavy atom. The summed E-state index contributed by atoms with van der Waals surface area (Å²) >= 11 is 19.5. The Labute approximate surface area is 202 Å². The summed E-state index contributed by atoms with van der Waals surface area (Å²) in [6.45, 7) is 1.47. The zero-order chi connectivity index (χ0) is 22.8. The summed E-state index contributed by atoms with van der Waals surface area (Å²) < 4.78 is 5.47. The van der Waals surface area contributed by atoms with Gasteiger partial charge in [-0.2, -0.15) is 0 Å². The molecule has 0 aliphatic heterocycles. The number of nitrogens with zero attached hydrogens (tertiary/aromatic N) is 1. The van der Waals surface area contributed by atoms with Gasteiger partial charge in [0.2, 0.25) is 0 Å². The predicted octanol–water partition coefficient (Wildman–Crippen LogP) is 7.11. The zero-order valence-corrected chi connectivity index (χ0v) is 19.6. The number of para-hydroxylation sites is 1. The lowest BCUT2D eigenvalue weighted by atomic mass is 10.1. The first-order chi connectivity index (χ1) is 15.3. The van der Waals surface area contributed by atoms with E-state index in [4.69, 9.17) is 39.5 Å². The standard InChI is InChI=1S/C23H15Cl3N2O3S/c1-12(22(29)28-19-11-16(25)15(24)10-17(19)26)31-23(30)14-9-20(21-7-4-8-32-21)27-18-6-3-2-5-13(14)18/h2-12H,1H3,(H,28,29). The number of aromatic nitrogens is 1. The van der Waals surface area contributed by atoms with Gasteiger partial charge in [-0.3, -0.25) is 4.79 Å². The minimum Gasteiger partial charge on any atom is -0.449 e. The summed E-state index contributed by atoms with van der Waals surface area (Å²) in [4.78, 5) is 31.2. The first-order valence-corrected chi connectivity index (χ1v) is 11.4. The molecule has 4 rings (SSSR count). The van der Waals surface area contributed by atoms with Gasteiger partial charge in [0, 0.05) is 5.39 Å². The van der Waals surface area contributed by atoms with Gasteiger partial charge in [0.25, 0.3) is 5.91 Å². The number of pyridine rings is 1. The number of halogens is 3. The molecule has 1 unspecified atom stereocenters. The third kappa shape index (κ3) is 4.74. The molecule has 2 heterocycles. The Morgan fingerprint density at radius 1 is 1.00 bits per heavy atom. The van der Waals surface area contributed by atoms with E-state index in [2.05, 4.69) is 10.3 Å². The van der Waals surface area contributed by atoms with Crippen LogP contribution in [0.25, 0.3) is 21.5 Å². The number of fused-ring (bicyclic) bond motifs is 1. The lowest BCUT2D eigenvalue weighted by Gasteiger charge is -2.16. The molecule has 9 heteroatoms. The Balaban J connectivity index is 1.58. The van der Waals surface area contributed by atoms with Gasteiger partial charge in [-0.15, -0.1) is 11.3 Å². The fourth-order valence-corrected chi connectivity index (χ4v) is 4.31. The van der Waals surface area contributed by atoms with Crippen LogP contribution in [0.15, 0.2) is 60.0 Å². The Hall–Kier alpha value is -2.64. The molecule has 0 saturated carbocycles. The van der Waals surface area contributed by atoms with Crippen LogP contribution in [-0.2, 0) is 9.53 Å². The van der Waals surface area contributed by atoms with E-state index < -0.39 is 18.0 Å². The molecule has 0 radical (unpaired) electrons. The van der Waals surface area contributed by atoms with Gasteiger partial charge in [0.1, 0.15) is 0 Å². The van der Waals surface area contributed by atoms with Crippen molar-refractivity contribution < 1.29 is 14.3 Å². The normalized spacial score (nSPS) is 11.9. The van der Waals surface area contributed by atoms with E-state index in [0.29, 0.717) is 22.2 Å². The van der Waals surface area contributed by atoms with Crippen LogP contribution in [0.2, 0.25) is 15.1 Å². The Morgan fingerprint density at radius 3 is 2.50 bits per heavy atom. The quantitative estimate of drug-likeness (QED) is 0.232. The van der Waals surface area contributed by atoms with Gasteiger partial charge in [-0.1, -0.05) is 59.1 Å². The van der Waals surface area contributed by atoms with E-state index >= 15 is 0 Å². The van der Waals surface area contributed by atoms with Crippen molar-refractivity contribution >= 4 is 74.6 Å². The van der Waals surface area contributed by atoms with Crippen LogP contribution in [0.3, 0.4) is 0 Å². The van der Waals surface area contributed by atoms with Gasteiger partial charge in [0.15, 0.2) is 6.10 Å². The zero-order valence-electron chi connectivity index (χ0n) is 16.6. The third-order valence-corrected chi connectivity index (χ3v) is 6.56. The summed E-state index contributed by atoms with van der Waals surface area (Å²) in [5.41, 5.74) is 1.91. The van der Waals surface area contributed by atoms with E-state index in [1.54, 1.807) is 12.1 Å². The van der Waals surface area contributed by atoms with Crippen LogP contribution in [0.4, 0.5) is 5.69 Å². The smallest absolute Gasteiger partial charge is 0.339 e. The molecule has 0 aliphatic carbocycles. The molecule has 32 heavy (non-hydrogen) atoms. The number of carbonyl (C=O) groups excluding carboxylic acids is 2. The van der Waals surface area contributed by atoms with E-state index in [1.165, 1.54) is 30.4 Å². The van der Waals surface area contributed by atoms with Gasteiger partial charge < -0.3 is 10.1 Å². The average Bonchev–Trinajstić information content (AvgIpc) is 3.31. The van der Waals surface area contributed by atoms with E-state index in [1.807, 2.05) is 35.7 Å². The summed E-state index contributed by atoms with van der Waals surface area (Å²) in [6, 6.07) is 15.6. The Bertz CT molecular complexity index is 1330. The molecule has 0 spiro atoms. The summed E-state index contributed by atoms with van der Waals surface area (Å²) in [6.07, 6.45) is -1.09. The first-order valence-electron chi connectivity index (χ1n) is 9.43. The lowest BCUT2D eigenvalue weighted by molar-refractivity contribution is -0.123. The van der Waals surface area contributed by atoms with Crippen LogP contribution in [0.5, 0.6) is 0 Å². The van der Waals surface area contributed by atoms with Crippen LogP contribution >= 0.6 is 46.1 Å². The number of hydrogen-bond donors (Lipinski definition) is 1. The van der Waals surface area contributed by atoms with Gasteiger partial charge in [0.05, 0.1) is 42.4 Å². The molecule has 5 nitrogen and oxygen atoms in total. The first kappa shape index (κ1) is 22.6. The molecule has 2 aromatic heterocycles. The van der Waals surface area contributed by atoms with Crippen molar-refractivity contribution in [2.75, 3.05) is 5.32 Å². The highest BCUT2D eigenvalue weighted by molar-refractivity contribution is 7.13. The second-order valence-corrected chi connectivity index (χ2v) is 9.00.